The fraction of sp³-hybridized carbons (Fsp3) is 0.583. The number of ether oxygens (including phenoxy) is 1. The Morgan fingerprint density at radius 2 is 2.38 bits per heavy atom. The van der Waals surface area contributed by atoms with Crippen molar-refractivity contribution < 1.29 is 4.74 Å². The molecule has 0 unspecified atom stereocenters. The van der Waals surface area contributed by atoms with Crippen molar-refractivity contribution in [2.75, 3.05) is 20.3 Å². The Bertz CT molecular complexity index is 344. The third-order valence-electron chi connectivity index (χ3n) is 2.42. The summed E-state index contributed by atoms with van der Waals surface area (Å²) in [5, 5.41) is 7.65. The molecule has 16 heavy (non-hydrogen) atoms. The molecule has 1 N–H and O–H groups in total. The first kappa shape index (κ1) is 12.9. The number of hydrogen-bond acceptors (Lipinski definition) is 3. The predicted octanol–water partition coefficient (Wildman–Crippen LogP) is 1.50. The first-order valence-electron chi connectivity index (χ1n) is 5.50. The molecule has 0 spiro atoms. The first-order chi connectivity index (χ1) is 7.65. The van der Waals surface area contributed by atoms with Gasteiger partial charge in [-0.3, -0.25) is 4.68 Å². The van der Waals surface area contributed by atoms with Crippen molar-refractivity contribution in [2.45, 2.75) is 26.9 Å². The van der Waals surface area contributed by atoms with E-state index in [1.165, 1.54) is 11.3 Å². The second-order valence-corrected chi connectivity index (χ2v) is 4.04. The summed E-state index contributed by atoms with van der Waals surface area (Å²) in [6.07, 6.45) is 1.91. The molecule has 0 aliphatic carbocycles. The summed E-state index contributed by atoms with van der Waals surface area (Å²) in [5.74, 6) is 0. The van der Waals surface area contributed by atoms with Crippen LogP contribution in [0.5, 0.6) is 0 Å². The third-order valence-corrected chi connectivity index (χ3v) is 2.42. The molecule has 1 aromatic rings. The number of hydrogen-bond donors (Lipinski definition) is 1. The summed E-state index contributed by atoms with van der Waals surface area (Å²) in [6.45, 7) is 11.2. The Labute approximate surface area is 97.3 Å². The lowest BCUT2D eigenvalue weighted by atomic mass is 10.2. The molecule has 0 radical (unpaired) electrons. The van der Waals surface area contributed by atoms with E-state index in [2.05, 4.69) is 23.9 Å². The normalized spacial score (nSPS) is 10.7. The molecule has 4 nitrogen and oxygen atoms in total. The van der Waals surface area contributed by atoms with E-state index < -0.39 is 0 Å². The van der Waals surface area contributed by atoms with Crippen molar-refractivity contribution in [1.82, 2.24) is 15.1 Å². The predicted molar refractivity (Wildman–Crippen MR) is 65.4 cm³/mol. The van der Waals surface area contributed by atoms with Gasteiger partial charge < -0.3 is 10.1 Å². The van der Waals surface area contributed by atoms with Gasteiger partial charge in [-0.15, -0.1) is 0 Å². The average Bonchev–Trinajstić information content (AvgIpc) is 2.56. The van der Waals surface area contributed by atoms with E-state index in [4.69, 9.17) is 4.74 Å². The largest absolute Gasteiger partial charge is 0.383 e. The van der Waals surface area contributed by atoms with Gasteiger partial charge in [-0.1, -0.05) is 12.2 Å². The zero-order valence-electron chi connectivity index (χ0n) is 10.4. The van der Waals surface area contributed by atoms with Crippen LogP contribution in [0.15, 0.2) is 18.3 Å². The molecule has 0 aromatic carbocycles. The first-order valence-corrected chi connectivity index (χ1v) is 5.50. The zero-order valence-corrected chi connectivity index (χ0v) is 10.4. The maximum Gasteiger partial charge on any atom is 0.0617 e. The standard InChI is InChI=1S/C12H21N3O/c1-10(2)9-15-11(3)12(8-14-15)7-13-5-6-16-4/h8,13H,1,5-7,9H2,2-4H3. The Hall–Kier alpha value is -1.13. The van der Waals surface area contributed by atoms with Crippen molar-refractivity contribution >= 4 is 0 Å². The summed E-state index contributed by atoms with van der Waals surface area (Å²) in [5.41, 5.74) is 3.55. The average molecular weight is 223 g/mol. The van der Waals surface area contributed by atoms with Crippen molar-refractivity contribution in [3.8, 4) is 0 Å². The van der Waals surface area contributed by atoms with Gasteiger partial charge in [0.15, 0.2) is 0 Å². The second kappa shape index (κ2) is 6.45. The molecular weight excluding hydrogens is 202 g/mol. The minimum Gasteiger partial charge on any atom is -0.383 e. The number of methoxy groups -OCH3 is 1. The summed E-state index contributed by atoms with van der Waals surface area (Å²) in [4.78, 5) is 0. The molecule has 4 heteroatoms. The number of aromatic nitrogens is 2. The van der Waals surface area contributed by atoms with Gasteiger partial charge in [0.25, 0.3) is 0 Å². The number of nitrogens with one attached hydrogen (secondary N) is 1. The van der Waals surface area contributed by atoms with Crippen molar-refractivity contribution in [3.63, 3.8) is 0 Å². The van der Waals surface area contributed by atoms with E-state index in [-0.39, 0.29) is 0 Å². The maximum atomic E-state index is 4.97. The van der Waals surface area contributed by atoms with Crippen molar-refractivity contribution in [2.24, 2.45) is 0 Å². The van der Waals surface area contributed by atoms with Crippen LogP contribution < -0.4 is 5.32 Å². The van der Waals surface area contributed by atoms with E-state index in [0.717, 1.165) is 31.8 Å². The van der Waals surface area contributed by atoms with Gasteiger partial charge in [-0.25, -0.2) is 0 Å². The fourth-order valence-corrected chi connectivity index (χ4v) is 1.47. The summed E-state index contributed by atoms with van der Waals surface area (Å²) < 4.78 is 6.95. The Kier molecular flexibility index (Phi) is 5.22. The molecule has 0 saturated heterocycles. The highest BCUT2D eigenvalue weighted by atomic mass is 16.5. The highest BCUT2D eigenvalue weighted by Crippen LogP contribution is 2.08. The van der Waals surface area contributed by atoms with Crippen LogP contribution in [-0.4, -0.2) is 30.0 Å². The quantitative estimate of drug-likeness (QED) is 0.562. The lowest BCUT2D eigenvalue weighted by molar-refractivity contribution is 0.199. The molecule has 1 heterocycles. The van der Waals surface area contributed by atoms with Crippen molar-refractivity contribution in [1.29, 1.82) is 0 Å². The summed E-state index contributed by atoms with van der Waals surface area (Å²) in [6, 6.07) is 0. The third kappa shape index (κ3) is 3.79. The van der Waals surface area contributed by atoms with Gasteiger partial charge in [0.2, 0.25) is 0 Å². The highest BCUT2D eigenvalue weighted by Gasteiger charge is 2.05. The molecule has 0 atom stereocenters. The van der Waals surface area contributed by atoms with Gasteiger partial charge in [0, 0.05) is 31.5 Å². The molecular formula is C12H21N3O. The fourth-order valence-electron chi connectivity index (χ4n) is 1.47. The van der Waals surface area contributed by atoms with Gasteiger partial charge in [-0.2, -0.15) is 5.10 Å². The van der Waals surface area contributed by atoms with Gasteiger partial charge >= 0.3 is 0 Å². The summed E-state index contributed by atoms with van der Waals surface area (Å²) >= 11 is 0. The topological polar surface area (TPSA) is 39.1 Å². The van der Waals surface area contributed by atoms with Crippen molar-refractivity contribution in [3.05, 3.63) is 29.6 Å². The highest BCUT2D eigenvalue weighted by molar-refractivity contribution is 5.16. The van der Waals surface area contributed by atoms with Crippen LogP contribution in [0.25, 0.3) is 0 Å². The van der Waals surface area contributed by atoms with E-state index in [1.807, 2.05) is 17.8 Å². The van der Waals surface area contributed by atoms with E-state index in [0.29, 0.717) is 0 Å². The number of allylic oxidation sites excluding steroid dienone is 1. The Morgan fingerprint density at radius 1 is 1.62 bits per heavy atom. The monoisotopic (exact) mass is 223 g/mol. The molecule has 0 bridgehead atoms. The molecule has 0 fully saturated rings. The molecule has 0 amide bonds. The summed E-state index contributed by atoms with van der Waals surface area (Å²) in [7, 11) is 1.71. The zero-order chi connectivity index (χ0) is 12.0. The van der Waals surface area contributed by atoms with Crippen LogP contribution in [0.4, 0.5) is 0 Å². The number of rotatable bonds is 7. The van der Waals surface area contributed by atoms with E-state index in [1.54, 1.807) is 7.11 Å². The van der Waals surface area contributed by atoms with Crippen LogP contribution >= 0.6 is 0 Å². The lowest BCUT2D eigenvalue weighted by Gasteiger charge is -2.06. The van der Waals surface area contributed by atoms with Crippen LogP contribution in [0.3, 0.4) is 0 Å². The van der Waals surface area contributed by atoms with Crippen LogP contribution in [0.2, 0.25) is 0 Å². The minimum atomic E-state index is 0.735. The SMILES string of the molecule is C=C(C)Cn1ncc(CNCCOC)c1C. The van der Waals surface area contributed by atoms with Crippen LogP contribution in [0.1, 0.15) is 18.2 Å². The Morgan fingerprint density at radius 3 is 3.00 bits per heavy atom. The molecule has 90 valence electrons. The van der Waals surface area contributed by atoms with E-state index >= 15 is 0 Å². The lowest BCUT2D eigenvalue weighted by Crippen LogP contribution is -2.18. The molecule has 0 aliphatic rings. The van der Waals surface area contributed by atoms with E-state index in [9.17, 15) is 0 Å². The molecule has 0 aliphatic heterocycles. The molecule has 1 aromatic heterocycles. The van der Waals surface area contributed by atoms with Gasteiger partial charge in [0.1, 0.15) is 0 Å². The second-order valence-electron chi connectivity index (χ2n) is 4.04. The van der Waals surface area contributed by atoms with Gasteiger partial charge in [-0.05, 0) is 13.8 Å². The molecule has 0 saturated carbocycles. The van der Waals surface area contributed by atoms with Gasteiger partial charge in [0.05, 0.1) is 19.3 Å². The van der Waals surface area contributed by atoms with Crippen LogP contribution in [-0.2, 0) is 17.8 Å². The molecule has 1 rings (SSSR count). The smallest absolute Gasteiger partial charge is 0.0617 e. The maximum absolute atomic E-state index is 4.97. The minimum absolute atomic E-state index is 0.735. The Balaban J connectivity index is 2.48. The number of nitrogens with zero attached hydrogens (tertiary/aromatic N) is 2. The van der Waals surface area contributed by atoms with Crippen LogP contribution in [0, 0.1) is 6.92 Å².